The third-order valence-electron chi connectivity index (χ3n) is 6.13. The maximum atomic E-state index is 13.2. The highest BCUT2D eigenvalue weighted by Crippen LogP contribution is 2.50. The molecule has 3 heterocycles. The van der Waals surface area contributed by atoms with E-state index < -0.39 is 0 Å². The van der Waals surface area contributed by atoms with Crippen molar-refractivity contribution >= 4 is 46.4 Å². The summed E-state index contributed by atoms with van der Waals surface area (Å²) >= 11 is 9.38. The SMILES string of the molecule is CC1(C)CC(=O)c2c(SC3CCCC3)sc(-c3ccn(C(=O)c4ccc(Cl)nc4)n3)c2C1. The van der Waals surface area contributed by atoms with Crippen molar-refractivity contribution in [2.45, 2.75) is 61.8 Å². The number of fused-ring (bicyclic) bond motifs is 1. The first-order valence-corrected chi connectivity index (χ1v) is 13.0. The van der Waals surface area contributed by atoms with Crippen LogP contribution in [0, 0.1) is 5.41 Å². The lowest BCUT2D eigenvalue weighted by Crippen LogP contribution is -2.26. The van der Waals surface area contributed by atoms with Gasteiger partial charge in [-0.05, 0) is 48.4 Å². The van der Waals surface area contributed by atoms with Crippen LogP contribution in [0.15, 0.2) is 34.8 Å². The first-order chi connectivity index (χ1) is 15.3. The summed E-state index contributed by atoms with van der Waals surface area (Å²) in [5, 5.41) is 5.53. The molecule has 0 radical (unpaired) electrons. The van der Waals surface area contributed by atoms with Crippen LogP contribution in [0.3, 0.4) is 0 Å². The Morgan fingerprint density at radius 1 is 1.22 bits per heavy atom. The fourth-order valence-corrected chi connectivity index (χ4v) is 7.82. The standard InChI is InChI=1S/C24H24ClN3O2S2/c1-24(2)11-16-20(18(29)12-24)23(31-15-5-3-4-6-15)32-21(16)17-9-10-28(27-17)22(30)14-7-8-19(25)26-13-14/h7-10,13,15H,3-6,11-12H2,1-2H3. The molecule has 0 unspecified atom stereocenters. The van der Waals surface area contributed by atoms with Gasteiger partial charge in [-0.2, -0.15) is 5.10 Å². The summed E-state index contributed by atoms with van der Waals surface area (Å²) in [6.07, 6.45) is 9.51. The Kier molecular flexibility index (Phi) is 5.76. The third kappa shape index (κ3) is 4.18. The summed E-state index contributed by atoms with van der Waals surface area (Å²) in [6, 6.07) is 5.10. The fourth-order valence-electron chi connectivity index (χ4n) is 4.60. The Balaban J connectivity index is 1.52. The van der Waals surface area contributed by atoms with Gasteiger partial charge in [0, 0.05) is 29.6 Å². The van der Waals surface area contributed by atoms with E-state index in [0.717, 1.165) is 32.3 Å². The lowest BCUT2D eigenvalue weighted by Gasteiger charge is -2.29. The second kappa shape index (κ2) is 8.43. The van der Waals surface area contributed by atoms with E-state index in [0.29, 0.717) is 22.4 Å². The molecule has 3 aromatic heterocycles. The number of halogens is 1. The van der Waals surface area contributed by atoms with Gasteiger partial charge in [-0.25, -0.2) is 9.67 Å². The molecule has 0 saturated heterocycles. The van der Waals surface area contributed by atoms with E-state index in [1.165, 1.54) is 36.6 Å². The largest absolute Gasteiger partial charge is 0.294 e. The number of pyridine rings is 1. The zero-order valence-corrected chi connectivity index (χ0v) is 20.4. The minimum Gasteiger partial charge on any atom is -0.294 e. The summed E-state index contributed by atoms with van der Waals surface area (Å²) < 4.78 is 2.47. The molecular formula is C24H24ClN3O2S2. The predicted molar refractivity (Wildman–Crippen MR) is 129 cm³/mol. The Labute approximate surface area is 200 Å². The number of nitrogens with zero attached hydrogens (tertiary/aromatic N) is 3. The quantitative estimate of drug-likeness (QED) is 0.392. The molecule has 0 bridgehead atoms. The van der Waals surface area contributed by atoms with E-state index in [-0.39, 0.29) is 17.1 Å². The van der Waals surface area contributed by atoms with Crippen LogP contribution in [0.4, 0.5) is 0 Å². The molecule has 0 N–H and O–H groups in total. The van der Waals surface area contributed by atoms with E-state index in [4.69, 9.17) is 11.6 Å². The molecule has 2 aliphatic carbocycles. The molecule has 0 amide bonds. The number of thioether (sulfide) groups is 1. The predicted octanol–water partition coefficient (Wildman–Crippen LogP) is 6.54. The van der Waals surface area contributed by atoms with Gasteiger partial charge in [-0.3, -0.25) is 9.59 Å². The van der Waals surface area contributed by atoms with Crippen LogP contribution < -0.4 is 0 Å². The highest BCUT2D eigenvalue weighted by molar-refractivity contribution is 8.01. The zero-order valence-electron chi connectivity index (χ0n) is 18.1. The van der Waals surface area contributed by atoms with Gasteiger partial charge in [-0.15, -0.1) is 23.1 Å². The Bertz CT molecular complexity index is 1190. The molecule has 2 aliphatic rings. The number of hydrogen-bond donors (Lipinski definition) is 0. The van der Waals surface area contributed by atoms with Crippen LogP contribution in [0.1, 0.15) is 72.2 Å². The summed E-state index contributed by atoms with van der Waals surface area (Å²) in [6.45, 7) is 4.30. The van der Waals surface area contributed by atoms with Gasteiger partial charge in [0.15, 0.2) is 5.78 Å². The first-order valence-electron chi connectivity index (χ1n) is 10.9. The third-order valence-corrected chi connectivity index (χ3v) is 9.16. The normalized spacial score (nSPS) is 18.2. The fraction of sp³-hybridized carbons (Fsp3) is 0.417. The molecule has 1 fully saturated rings. The van der Waals surface area contributed by atoms with E-state index in [1.807, 2.05) is 17.8 Å². The second-order valence-electron chi connectivity index (χ2n) is 9.36. The Hall–Kier alpha value is -1.96. The molecule has 1 saturated carbocycles. The van der Waals surface area contributed by atoms with Crippen molar-refractivity contribution in [2.24, 2.45) is 5.41 Å². The first kappa shape index (κ1) is 21.9. The van der Waals surface area contributed by atoms with Gasteiger partial charge in [0.05, 0.1) is 14.6 Å². The van der Waals surface area contributed by atoms with E-state index in [2.05, 4.69) is 23.9 Å². The molecule has 0 aromatic carbocycles. The Morgan fingerprint density at radius 3 is 2.72 bits per heavy atom. The lowest BCUT2D eigenvalue weighted by molar-refractivity contribution is 0.0908. The van der Waals surface area contributed by atoms with Gasteiger partial charge >= 0.3 is 0 Å². The van der Waals surface area contributed by atoms with Crippen LogP contribution in [0.25, 0.3) is 10.6 Å². The van der Waals surface area contributed by atoms with Crippen LogP contribution in [-0.4, -0.2) is 31.7 Å². The van der Waals surface area contributed by atoms with Gasteiger partial charge in [0.2, 0.25) is 0 Å². The van der Waals surface area contributed by atoms with Crippen molar-refractivity contribution in [3.05, 3.63) is 52.4 Å². The maximum absolute atomic E-state index is 13.2. The van der Waals surface area contributed by atoms with Crippen molar-refractivity contribution in [3.8, 4) is 10.6 Å². The number of ketones is 1. The number of rotatable bonds is 4. The topological polar surface area (TPSA) is 64.8 Å². The van der Waals surface area contributed by atoms with Crippen LogP contribution in [0.2, 0.25) is 5.15 Å². The van der Waals surface area contributed by atoms with Crippen LogP contribution >= 0.6 is 34.7 Å². The van der Waals surface area contributed by atoms with Crippen molar-refractivity contribution in [3.63, 3.8) is 0 Å². The molecular weight excluding hydrogens is 462 g/mol. The zero-order chi connectivity index (χ0) is 22.5. The van der Waals surface area contributed by atoms with Crippen LogP contribution in [0.5, 0.6) is 0 Å². The van der Waals surface area contributed by atoms with E-state index in [1.54, 1.807) is 29.7 Å². The number of Topliss-reactive ketones (excluding diaryl/α,β-unsaturated/α-hetero) is 1. The molecule has 166 valence electrons. The van der Waals surface area contributed by atoms with Crippen molar-refractivity contribution in [2.75, 3.05) is 0 Å². The van der Waals surface area contributed by atoms with E-state index in [9.17, 15) is 9.59 Å². The summed E-state index contributed by atoms with van der Waals surface area (Å²) in [5.41, 5.74) is 3.09. The van der Waals surface area contributed by atoms with Gasteiger partial charge in [0.1, 0.15) is 10.8 Å². The average Bonchev–Trinajstić information content (AvgIpc) is 3.48. The van der Waals surface area contributed by atoms with E-state index >= 15 is 0 Å². The molecule has 32 heavy (non-hydrogen) atoms. The monoisotopic (exact) mass is 485 g/mol. The summed E-state index contributed by atoms with van der Waals surface area (Å²) in [4.78, 5) is 31.0. The smallest absolute Gasteiger partial charge is 0.279 e. The Morgan fingerprint density at radius 2 is 2.00 bits per heavy atom. The summed E-state index contributed by atoms with van der Waals surface area (Å²) in [5.74, 6) is -0.0233. The molecule has 8 heteroatoms. The van der Waals surface area contributed by atoms with Crippen molar-refractivity contribution in [1.82, 2.24) is 14.8 Å². The molecule has 0 aliphatic heterocycles. The van der Waals surface area contributed by atoms with Gasteiger partial charge in [-0.1, -0.05) is 38.3 Å². The lowest BCUT2D eigenvalue weighted by atomic mass is 9.74. The molecule has 0 atom stereocenters. The van der Waals surface area contributed by atoms with Gasteiger partial charge in [0.25, 0.3) is 5.91 Å². The van der Waals surface area contributed by atoms with Crippen molar-refractivity contribution in [1.29, 1.82) is 0 Å². The molecule has 5 rings (SSSR count). The number of hydrogen-bond acceptors (Lipinski definition) is 6. The summed E-state index contributed by atoms with van der Waals surface area (Å²) in [7, 11) is 0. The number of thiophene rings is 1. The highest BCUT2D eigenvalue weighted by Gasteiger charge is 2.37. The van der Waals surface area contributed by atoms with Crippen molar-refractivity contribution < 1.29 is 9.59 Å². The molecule has 0 spiro atoms. The minimum absolute atomic E-state index is 0.0808. The van der Waals surface area contributed by atoms with Gasteiger partial charge < -0.3 is 0 Å². The van der Waals surface area contributed by atoms with Crippen LogP contribution in [-0.2, 0) is 6.42 Å². The molecule has 5 nitrogen and oxygen atoms in total. The minimum atomic E-state index is -0.261. The number of carbonyl (C=O) groups is 2. The number of aromatic nitrogens is 3. The average molecular weight is 486 g/mol. The molecule has 3 aromatic rings. The number of carbonyl (C=O) groups excluding carboxylic acids is 2. The maximum Gasteiger partial charge on any atom is 0.279 e. The second-order valence-corrected chi connectivity index (χ2v) is 12.3. The highest BCUT2D eigenvalue weighted by atomic mass is 35.5.